The van der Waals surface area contributed by atoms with Gasteiger partial charge in [0.2, 0.25) is 0 Å². The van der Waals surface area contributed by atoms with Crippen LogP contribution in [0.1, 0.15) is 132 Å². The molecule has 21 rings (SSSR count). The van der Waals surface area contributed by atoms with Gasteiger partial charge in [-0.1, -0.05) is 69.4 Å². The molecule has 0 radical (unpaired) electrons. The average Bonchev–Trinajstić information content (AvgIpc) is 1.72. The van der Waals surface area contributed by atoms with Crippen LogP contribution in [-0.4, -0.2) is 284 Å². The Hall–Kier alpha value is -11.5. The predicted molar refractivity (Wildman–Crippen MR) is 563 cm³/mol. The third-order valence-electron chi connectivity index (χ3n) is 26.0. The zero-order chi connectivity index (χ0) is 99.1. The lowest BCUT2D eigenvalue weighted by Gasteiger charge is -2.34. The predicted octanol–water partition coefficient (Wildman–Crippen LogP) is 15.0. The highest BCUT2D eigenvalue weighted by Gasteiger charge is 2.35. The highest BCUT2D eigenvalue weighted by molar-refractivity contribution is 7.94. The molecule has 7 fully saturated rings. The fourth-order valence-electron chi connectivity index (χ4n) is 17.6. The van der Waals surface area contributed by atoms with Crippen LogP contribution < -0.4 is 30.2 Å². The summed E-state index contributed by atoms with van der Waals surface area (Å²) in [4.78, 5) is 80.6. The van der Waals surface area contributed by atoms with Gasteiger partial charge in [-0.05, 0) is 104 Å². The van der Waals surface area contributed by atoms with Crippen molar-refractivity contribution in [3.05, 3.63) is 167 Å². The summed E-state index contributed by atoms with van der Waals surface area (Å²) in [6.07, 6.45) is 39.5. The van der Waals surface area contributed by atoms with Gasteiger partial charge >= 0.3 is 0 Å². The van der Waals surface area contributed by atoms with Gasteiger partial charge in [0, 0.05) is 228 Å². The van der Waals surface area contributed by atoms with E-state index in [1.54, 1.807) is 62.1 Å². The number of anilines is 6. The summed E-state index contributed by atoms with van der Waals surface area (Å²) in [6.45, 7) is 28.3. The molecule has 0 spiro atoms. The molecule has 10 aromatic heterocycles. The maximum Gasteiger partial charge on any atom is 0.167 e. The summed E-state index contributed by atoms with van der Waals surface area (Å²) in [5.41, 5.74) is 19.5. The molecule has 10 atom stereocenters. The standard InChI is InChI=1S/C21H25N5O2S.3C20H25N5O2S.C19H26N6O2S/c1-14-13-28-11-10-26(14)20-12-19(25-29(2,27)15-6-7-15)23-21(24-20)17-8-9-22-18-5-3-4-16(17)18;3*1-4-28(3,26)24-18-12-19(25-10-11-27-13-14(25)2)23-20(22-18)16-8-9-21-17-7-5-6-15(16)17;1-12-8-14(9-16(20)21-12)19-22-17(24-28(3,26)15-4-5-15)10-18(23-19)25-6-7-27-11-13(25)2/h3-4,8-9,12,14-15H,5-7,10-11,13H2,1-2H3;3*5-6,8-9,12,14H,4,7,10-11,13H2,1-3H3;8-10,13,15H,4-7,11H2,1-3H3,(H2,20,21)/t14-,29?;14-,28?;14-,28+;14-,28-;13-,28?/m11111/s1. The molecular formula is C100H126N26O10S5. The summed E-state index contributed by atoms with van der Waals surface area (Å²) in [5.74, 6) is 11.0. The van der Waals surface area contributed by atoms with E-state index in [2.05, 4.69) is 174 Å². The average molecular weight is 2010 g/mol. The van der Waals surface area contributed by atoms with Crippen LogP contribution in [0.2, 0.25) is 0 Å². The van der Waals surface area contributed by atoms with Gasteiger partial charge in [0.1, 0.15) is 34.9 Å². The van der Waals surface area contributed by atoms with Gasteiger partial charge in [-0.25, -0.2) is 75.9 Å². The number of rotatable bonds is 20. The van der Waals surface area contributed by atoms with Crippen molar-refractivity contribution in [1.29, 1.82) is 0 Å². The molecular weight excluding hydrogens is 1890 g/mol. The van der Waals surface area contributed by atoms with Crippen molar-refractivity contribution < 1.29 is 44.7 Å². The van der Waals surface area contributed by atoms with Crippen molar-refractivity contribution in [2.75, 3.05) is 178 Å². The van der Waals surface area contributed by atoms with Gasteiger partial charge in [0.05, 0.1) is 168 Å². The lowest BCUT2D eigenvalue weighted by atomic mass is 10.1. The molecule has 0 amide bonds. The maximum absolute atomic E-state index is 13.0. The van der Waals surface area contributed by atoms with Gasteiger partial charge in [-0.15, -0.1) is 0 Å². The summed E-state index contributed by atoms with van der Waals surface area (Å²) >= 11 is 0. The zero-order valence-corrected chi connectivity index (χ0v) is 86.7. The minimum Gasteiger partial charge on any atom is -0.384 e. The molecule has 5 saturated heterocycles. The summed E-state index contributed by atoms with van der Waals surface area (Å²) in [5, 5.41) is 0.343. The molecule has 36 nitrogen and oxygen atoms in total. The minimum absolute atomic E-state index is 0.162. The van der Waals surface area contributed by atoms with Crippen molar-refractivity contribution in [2.24, 2.45) is 21.8 Å². The first-order chi connectivity index (χ1) is 67.7. The SMILES string of the molecule is CCS(C)(=O)=Nc1cc(N2CCOC[C@H]2C)nc(-c2ccnc3c2C=CC3)n1.CC[S@@](C)(=O)=Nc1cc(N2CCOC[C@H]2C)nc(-c2ccnc3c2C=CC3)n1.CC[S@](C)(=O)=Nc1cc(N2CCOC[C@H]2C)nc(-c2ccnc3c2C=CC3)n1.C[C@@H]1COCCN1c1cc(N=S(C)(=O)C2CC2)nc(-c2ccnc3c2C=CC3)n1.Cc1cc(-c2nc(N=S(C)(=O)C3CC3)cc(N3CCOC[C@H]3C)n2)cc(N)n1. The molecule has 0 bridgehead atoms. The van der Waals surface area contributed by atoms with Crippen molar-refractivity contribution in [3.63, 3.8) is 0 Å². The minimum atomic E-state index is -2.33. The van der Waals surface area contributed by atoms with E-state index in [4.69, 9.17) is 59.3 Å². The Morgan fingerprint density at radius 3 is 0.830 bits per heavy atom. The van der Waals surface area contributed by atoms with Crippen LogP contribution >= 0.6 is 0 Å². The van der Waals surface area contributed by atoms with Crippen LogP contribution in [0.5, 0.6) is 0 Å². The molecule has 746 valence electrons. The molecule has 10 aromatic rings. The number of aromatic nitrogens is 15. The third-order valence-corrected chi connectivity index (χ3v) is 35.4. The molecule has 6 aliphatic carbocycles. The number of ether oxygens (including phenoxy) is 5. The smallest absolute Gasteiger partial charge is 0.167 e. The van der Waals surface area contributed by atoms with Crippen molar-refractivity contribution >= 4 is 137 Å². The molecule has 141 heavy (non-hydrogen) atoms. The number of aryl methyl sites for hydroxylation is 1. The number of allylic oxidation sites excluding steroid dienone is 4. The van der Waals surface area contributed by atoms with E-state index in [-0.39, 0.29) is 40.7 Å². The first kappa shape index (κ1) is 101. The lowest BCUT2D eigenvalue weighted by Crippen LogP contribution is -2.44. The quantitative estimate of drug-likeness (QED) is 0.0740. The molecule has 0 aromatic carbocycles. The number of hydrogen-bond donors (Lipinski definition) is 1. The van der Waals surface area contributed by atoms with Crippen LogP contribution in [0, 0.1) is 6.92 Å². The molecule has 2 saturated carbocycles. The van der Waals surface area contributed by atoms with Crippen LogP contribution in [0.4, 0.5) is 64.0 Å². The highest BCUT2D eigenvalue weighted by atomic mass is 32.2. The third kappa shape index (κ3) is 24.9. The van der Waals surface area contributed by atoms with Gasteiger partial charge in [-0.2, -0.15) is 21.8 Å². The Kier molecular flexibility index (Phi) is 31.3. The second-order valence-electron chi connectivity index (χ2n) is 37.2. The Balaban J connectivity index is 0.000000121. The number of morpholine rings is 5. The second-order valence-corrected chi connectivity index (χ2v) is 50.4. The van der Waals surface area contributed by atoms with Gasteiger partial charge < -0.3 is 53.9 Å². The van der Waals surface area contributed by atoms with Crippen LogP contribution in [0.25, 0.3) is 81.2 Å². The largest absolute Gasteiger partial charge is 0.384 e. The van der Waals surface area contributed by atoms with Crippen LogP contribution in [-0.2, 0) is 98.0 Å². The van der Waals surface area contributed by atoms with E-state index in [1.165, 1.54) is 0 Å². The Bertz CT molecular complexity index is 6780. The number of hydrogen-bond acceptors (Lipinski definition) is 36. The highest BCUT2D eigenvalue weighted by Crippen LogP contribution is 2.41. The van der Waals surface area contributed by atoms with Gasteiger partial charge in [0.25, 0.3) is 0 Å². The zero-order valence-electron chi connectivity index (χ0n) is 82.6. The fourth-order valence-corrected chi connectivity index (χ4v) is 22.7. The molecule has 11 aliphatic rings. The molecule has 3 unspecified atom stereocenters. The topological polar surface area (TPSA) is 429 Å². The van der Waals surface area contributed by atoms with Gasteiger partial charge in [0.15, 0.2) is 58.2 Å². The Morgan fingerprint density at radius 2 is 0.589 bits per heavy atom. The van der Waals surface area contributed by atoms with Crippen LogP contribution in [0.15, 0.2) is 138 Å². The summed E-state index contributed by atoms with van der Waals surface area (Å²) in [7, 11) is -11.6. The van der Waals surface area contributed by atoms with Crippen LogP contribution in [0.3, 0.4) is 0 Å². The number of pyridine rings is 5. The lowest BCUT2D eigenvalue weighted by molar-refractivity contribution is 0.0985. The van der Waals surface area contributed by atoms with E-state index in [1.807, 2.05) is 88.4 Å². The number of nitrogens with zero attached hydrogens (tertiary/aromatic N) is 25. The number of nitrogen functional groups attached to an aromatic ring is 1. The fraction of sp³-hybridized carbons (Fsp3) is 0.470. The van der Waals surface area contributed by atoms with E-state index in [0.717, 1.165) is 192 Å². The molecule has 2 N–H and O–H groups in total. The molecule has 15 heterocycles. The Morgan fingerprint density at radius 1 is 0.340 bits per heavy atom. The van der Waals surface area contributed by atoms with E-state index >= 15 is 0 Å². The number of nitrogens with two attached hydrogens (primary N) is 1. The van der Waals surface area contributed by atoms with Crippen molar-refractivity contribution in [2.45, 2.75) is 154 Å². The maximum atomic E-state index is 13.0. The normalized spacial score (nSPS) is 21.4. The molecule has 41 heteroatoms. The first-order valence-corrected chi connectivity index (χ1v) is 58.5. The first-order valence-electron chi connectivity index (χ1n) is 48.3. The van der Waals surface area contributed by atoms with Gasteiger partial charge in [-0.3, -0.25) is 19.9 Å². The van der Waals surface area contributed by atoms with E-state index < -0.39 is 48.6 Å². The second kappa shape index (κ2) is 43.7. The van der Waals surface area contributed by atoms with E-state index in [9.17, 15) is 21.0 Å². The Labute approximate surface area is 828 Å². The van der Waals surface area contributed by atoms with E-state index in [0.29, 0.717) is 147 Å². The number of fused-ring (bicyclic) bond motifs is 4. The monoisotopic (exact) mass is 2010 g/mol. The van der Waals surface area contributed by atoms with Crippen molar-refractivity contribution in [1.82, 2.24) is 74.8 Å². The molecule has 5 aliphatic heterocycles. The summed E-state index contributed by atoms with van der Waals surface area (Å²) < 4.78 is 114. The van der Waals surface area contributed by atoms with Crippen molar-refractivity contribution in [3.8, 4) is 56.9 Å². The summed E-state index contributed by atoms with van der Waals surface area (Å²) in [6, 6.07) is 21.6.